The van der Waals surface area contributed by atoms with Crippen LogP contribution in [0.25, 0.3) is 16.6 Å². The first-order valence-electron chi connectivity index (χ1n) is 11.3. The van der Waals surface area contributed by atoms with Crippen molar-refractivity contribution in [1.29, 1.82) is 0 Å². The predicted molar refractivity (Wildman–Crippen MR) is 122 cm³/mol. The van der Waals surface area contributed by atoms with E-state index < -0.39 is 0 Å². The number of aromatic nitrogens is 2. The van der Waals surface area contributed by atoms with Gasteiger partial charge in [-0.1, -0.05) is 12.1 Å². The maximum atomic E-state index is 5.05. The van der Waals surface area contributed by atoms with Crippen molar-refractivity contribution in [1.82, 2.24) is 19.6 Å². The molecule has 30 heavy (non-hydrogen) atoms. The minimum atomic E-state index is 0.690. The molecule has 4 heterocycles. The van der Waals surface area contributed by atoms with Crippen LogP contribution >= 0.6 is 0 Å². The third-order valence-corrected chi connectivity index (χ3v) is 7.00. The first-order chi connectivity index (χ1) is 14.6. The van der Waals surface area contributed by atoms with Crippen molar-refractivity contribution >= 4 is 22.4 Å². The van der Waals surface area contributed by atoms with Crippen LogP contribution in [0, 0.1) is 5.92 Å². The highest BCUT2D eigenvalue weighted by Crippen LogP contribution is 2.36. The molecule has 3 aliphatic heterocycles. The lowest BCUT2D eigenvalue weighted by Gasteiger charge is -2.36. The lowest BCUT2D eigenvalue weighted by molar-refractivity contribution is 0.191. The molecule has 1 aromatic carbocycles. The number of aliphatic imine (C=N–C) groups is 1. The number of hydrogen-bond donors (Lipinski definition) is 0. The highest BCUT2D eigenvalue weighted by Gasteiger charge is 2.33. The molecule has 6 rings (SSSR count). The van der Waals surface area contributed by atoms with E-state index in [0.717, 1.165) is 40.6 Å². The van der Waals surface area contributed by atoms with Gasteiger partial charge >= 0.3 is 0 Å². The van der Waals surface area contributed by atoms with Crippen molar-refractivity contribution in [2.45, 2.75) is 38.6 Å². The van der Waals surface area contributed by atoms with Gasteiger partial charge in [0.05, 0.1) is 11.2 Å². The summed E-state index contributed by atoms with van der Waals surface area (Å²) in [5.74, 6) is 1.79. The maximum Gasteiger partial charge on any atom is 0.136 e. The number of hydrogen-bond acceptors (Lipinski definition) is 4. The summed E-state index contributed by atoms with van der Waals surface area (Å²) >= 11 is 0. The van der Waals surface area contributed by atoms with Crippen molar-refractivity contribution in [3.63, 3.8) is 0 Å². The zero-order chi connectivity index (χ0) is 20.2. The fraction of sp³-hybridized carbons (Fsp3) is 0.440. The largest absolute Gasteiger partial charge is 0.329 e. The van der Waals surface area contributed by atoms with Crippen molar-refractivity contribution in [3.8, 4) is 0 Å². The van der Waals surface area contributed by atoms with Crippen LogP contribution in [0.3, 0.4) is 0 Å². The lowest BCUT2D eigenvalue weighted by atomic mass is 9.87. The maximum absolute atomic E-state index is 5.05. The van der Waals surface area contributed by atoms with E-state index in [4.69, 9.17) is 4.99 Å². The SMILES string of the molecule is CC1=CC(C2CCN(C3CC3)CC2)=CN2CC=C(c3ccc4nn(C)cc4c3)N=C12. The molecule has 1 aromatic heterocycles. The number of rotatable bonds is 3. The van der Waals surface area contributed by atoms with E-state index >= 15 is 0 Å². The number of aryl methyl sites for hydroxylation is 1. The molecule has 2 aromatic rings. The van der Waals surface area contributed by atoms with Crippen molar-refractivity contribution in [2.24, 2.45) is 18.0 Å². The number of amidine groups is 1. The summed E-state index contributed by atoms with van der Waals surface area (Å²) in [6, 6.07) is 7.33. The molecule has 1 aliphatic carbocycles. The molecular weight excluding hydrogens is 370 g/mol. The molecule has 0 radical (unpaired) electrons. The smallest absolute Gasteiger partial charge is 0.136 e. The molecule has 0 spiro atoms. The molecule has 154 valence electrons. The van der Waals surface area contributed by atoms with E-state index in [0.29, 0.717) is 5.92 Å². The Hall–Kier alpha value is -2.66. The molecule has 5 nitrogen and oxygen atoms in total. The quantitative estimate of drug-likeness (QED) is 0.770. The molecular formula is C25H29N5. The molecule has 4 aliphatic rings. The summed E-state index contributed by atoms with van der Waals surface area (Å²) in [6.45, 7) is 5.63. The molecule has 0 amide bonds. The number of benzene rings is 1. The molecule has 1 saturated heterocycles. The van der Waals surface area contributed by atoms with Gasteiger partial charge in [0, 0.05) is 43.0 Å². The number of piperidine rings is 1. The van der Waals surface area contributed by atoms with Crippen LogP contribution in [-0.2, 0) is 7.05 Å². The van der Waals surface area contributed by atoms with Crippen LogP contribution < -0.4 is 0 Å². The number of allylic oxidation sites excluding steroid dienone is 2. The zero-order valence-electron chi connectivity index (χ0n) is 17.9. The summed E-state index contributed by atoms with van der Waals surface area (Å²) in [6.07, 6.45) is 14.5. The summed E-state index contributed by atoms with van der Waals surface area (Å²) in [5, 5.41) is 5.64. The van der Waals surface area contributed by atoms with E-state index in [9.17, 15) is 0 Å². The monoisotopic (exact) mass is 399 g/mol. The van der Waals surface area contributed by atoms with Gasteiger partial charge in [-0.05, 0) is 81.0 Å². The lowest BCUT2D eigenvalue weighted by Crippen LogP contribution is -2.37. The van der Waals surface area contributed by atoms with Gasteiger partial charge < -0.3 is 9.80 Å². The Morgan fingerprint density at radius 3 is 2.70 bits per heavy atom. The molecule has 5 heteroatoms. The molecule has 0 unspecified atom stereocenters. The normalized spacial score (nSPS) is 23.1. The number of nitrogens with zero attached hydrogens (tertiary/aromatic N) is 5. The van der Waals surface area contributed by atoms with E-state index in [-0.39, 0.29) is 0 Å². The summed E-state index contributed by atoms with van der Waals surface area (Å²) < 4.78 is 1.87. The van der Waals surface area contributed by atoms with Crippen molar-refractivity contribution < 1.29 is 0 Å². The van der Waals surface area contributed by atoms with Gasteiger partial charge in [0.1, 0.15) is 5.84 Å². The van der Waals surface area contributed by atoms with E-state index in [2.05, 4.69) is 64.6 Å². The van der Waals surface area contributed by atoms with Crippen LogP contribution in [0.5, 0.6) is 0 Å². The summed E-state index contributed by atoms with van der Waals surface area (Å²) in [4.78, 5) is 10.1. The second-order valence-corrected chi connectivity index (χ2v) is 9.25. The van der Waals surface area contributed by atoms with Crippen LogP contribution in [-0.4, -0.2) is 51.1 Å². The van der Waals surface area contributed by atoms with Gasteiger partial charge in [0.15, 0.2) is 0 Å². The van der Waals surface area contributed by atoms with Gasteiger partial charge in [-0.15, -0.1) is 0 Å². The van der Waals surface area contributed by atoms with Gasteiger partial charge in [0.25, 0.3) is 0 Å². The number of likely N-dealkylation sites (tertiary alicyclic amines) is 1. The highest BCUT2D eigenvalue weighted by molar-refractivity contribution is 6.04. The second-order valence-electron chi connectivity index (χ2n) is 9.25. The van der Waals surface area contributed by atoms with Crippen LogP contribution in [0.4, 0.5) is 0 Å². The van der Waals surface area contributed by atoms with Crippen LogP contribution in [0.2, 0.25) is 0 Å². The van der Waals surface area contributed by atoms with Crippen molar-refractivity contribution in [3.05, 3.63) is 59.5 Å². The van der Waals surface area contributed by atoms with E-state index in [1.165, 1.54) is 49.9 Å². The zero-order valence-corrected chi connectivity index (χ0v) is 17.9. The van der Waals surface area contributed by atoms with Crippen LogP contribution in [0.15, 0.2) is 58.9 Å². The highest BCUT2D eigenvalue weighted by atomic mass is 15.2. The van der Waals surface area contributed by atoms with E-state index in [1.54, 1.807) is 0 Å². The first-order valence-corrected chi connectivity index (χ1v) is 11.3. The topological polar surface area (TPSA) is 36.7 Å². The fourth-order valence-corrected chi connectivity index (χ4v) is 5.21. The average Bonchev–Trinajstić information content (AvgIpc) is 3.54. The van der Waals surface area contributed by atoms with Gasteiger partial charge in [-0.2, -0.15) is 5.10 Å². The minimum absolute atomic E-state index is 0.690. The standard InChI is InChI=1S/C25H29N5/c1-17-13-20(18-7-10-29(11-8-18)22-4-5-22)16-30-12-9-23(26-25(17)30)19-3-6-24-21(14-19)15-28(2)27-24/h3,6,9,13-16,18,22H,4-5,7-8,10-12H2,1-2H3. The first kappa shape index (κ1) is 18.1. The Morgan fingerprint density at radius 1 is 1.07 bits per heavy atom. The van der Waals surface area contributed by atoms with Crippen LogP contribution in [0.1, 0.15) is 38.2 Å². The third-order valence-electron chi connectivity index (χ3n) is 7.00. The fourth-order valence-electron chi connectivity index (χ4n) is 5.21. The molecule has 2 fully saturated rings. The summed E-state index contributed by atoms with van der Waals surface area (Å²) in [7, 11) is 1.97. The Labute approximate surface area is 178 Å². The van der Waals surface area contributed by atoms with Crippen molar-refractivity contribution in [2.75, 3.05) is 19.6 Å². The average molecular weight is 400 g/mol. The minimum Gasteiger partial charge on any atom is -0.329 e. The second kappa shape index (κ2) is 6.95. The van der Waals surface area contributed by atoms with Gasteiger partial charge in [-0.3, -0.25) is 4.68 Å². The molecule has 1 saturated carbocycles. The molecule has 0 bridgehead atoms. The Bertz CT molecular complexity index is 1120. The van der Waals surface area contributed by atoms with Gasteiger partial charge in [0.2, 0.25) is 0 Å². The van der Waals surface area contributed by atoms with Gasteiger partial charge in [-0.25, -0.2) is 4.99 Å². The Morgan fingerprint density at radius 2 is 1.90 bits per heavy atom. The Balaban J connectivity index is 1.22. The number of fused-ring (bicyclic) bond motifs is 2. The Kier molecular flexibility index (Phi) is 4.20. The molecule has 0 N–H and O–H groups in total. The summed E-state index contributed by atoms with van der Waals surface area (Å²) in [5.41, 5.74) is 6.04. The van der Waals surface area contributed by atoms with E-state index in [1.807, 2.05) is 11.7 Å². The third kappa shape index (κ3) is 3.21. The predicted octanol–water partition coefficient (Wildman–Crippen LogP) is 4.35. The molecule has 0 atom stereocenters.